The lowest BCUT2D eigenvalue weighted by molar-refractivity contribution is 0.0949. The lowest BCUT2D eigenvalue weighted by Gasteiger charge is -2.23. The number of Topliss-reactive ketones (excluding diaryl/α,β-unsaturated/α-hetero) is 1. The van der Waals surface area contributed by atoms with E-state index < -0.39 is 0 Å². The van der Waals surface area contributed by atoms with E-state index in [4.69, 9.17) is 0 Å². The van der Waals surface area contributed by atoms with Crippen molar-refractivity contribution in [1.82, 2.24) is 4.98 Å². The fraction of sp³-hybridized carbons (Fsp3) is 0.333. The zero-order chi connectivity index (χ0) is 14.7. The second kappa shape index (κ2) is 6.44. The third-order valence-corrected chi connectivity index (χ3v) is 4.86. The number of carbonyl (C=O) groups is 1. The molecule has 21 heavy (non-hydrogen) atoms. The van der Waals surface area contributed by atoms with E-state index >= 15 is 0 Å². The Morgan fingerprint density at radius 2 is 2.10 bits per heavy atom. The Morgan fingerprint density at radius 1 is 1.29 bits per heavy atom. The van der Waals surface area contributed by atoms with Crippen molar-refractivity contribution in [2.45, 2.75) is 37.0 Å². The van der Waals surface area contributed by atoms with Crippen molar-refractivity contribution in [2.24, 2.45) is 0 Å². The predicted molar refractivity (Wildman–Crippen MR) is 87.1 cm³/mol. The molecule has 108 valence electrons. The first-order valence-corrected chi connectivity index (χ1v) is 8.49. The Kier molecular flexibility index (Phi) is 4.39. The summed E-state index contributed by atoms with van der Waals surface area (Å²) in [6.07, 6.45) is 4.82. The lowest BCUT2D eigenvalue weighted by Crippen LogP contribution is -2.20. The smallest absolute Gasteiger partial charge is 0.171 e. The molecule has 3 rings (SSSR count). The van der Waals surface area contributed by atoms with Crippen LogP contribution in [0, 0.1) is 0 Å². The van der Waals surface area contributed by atoms with Crippen molar-refractivity contribution in [3.8, 4) is 0 Å². The van der Waals surface area contributed by atoms with E-state index in [1.165, 1.54) is 10.5 Å². The highest BCUT2D eigenvalue weighted by molar-refractivity contribution is 7.99. The highest BCUT2D eigenvalue weighted by Gasteiger charge is 2.28. The van der Waals surface area contributed by atoms with Gasteiger partial charge in [0.25, 0.3) is 0 Å². The number of fused-ring (bicyclic) bond motifs is 1. The topological polar surface area (TPSA) is 30.0 Å². The fourth-order valence-corrected chi connectivity index (χ4v) is 3.61. The molecule has 0 radical (unpaired) electrons. The number of nitrogens with zero attached hydrogens (tertiary/aromatic N) is 1. The molecule has 0 saturated heterocycles. The maximum atomic E-state index is 12.8. The first kappa shape index (κ1) is 14.3. The van der Waals surface area contributed by atoms with Crippen molar-refractivity contribution < 1.29 is 4.79 Å². The molecule has 2 aromatic rings. The third-order valence-electron chi connectivity index (χ3n) is 3.96. The maximum absolute atomic E-state index is 12.8. The van der Waals surface area contributed by atoms with Crippen LogP contribution in [0.15, 0.2) is 47.5 Å². The van der Waals surface area contributed by atoms with Crippen LogP contribution in [0.5, 0.6) is 0 Å². The van der Waals surface area contributed by atoms with Gasteiger partial charge in [-0.05, 0) is 48.8 Å². The second-order valence-corrected chi connectivity index (χ2v) is 6.65. The van der Waals surface area contributed by atoms with Gasteiger partial charge in [0.15, 0.2) is 5.78 Å². The first-order valence-electron chi connectivity index (χ1n) is 7.50. The van der Waals surface area contributed by atoms with Crippen LogP contribution in [0.1, 0.15) is 47.3 Å². The van der Waals surface area contributed by atoms with Gasteiger partial charge in [0.05, 0.1) is 11.6 Å². The second-order valence-electron chi connectivity index (χ2n) is 5.31. The molecule has 0 aliphatic heterocycles. The summed E-state index contributed by atoms with van der Waals surface area (Å²) in [4.78, 5) is 18.5. The van der Waals surface area contributed by atoms with E-state index in [1.807, 2.05) is 30.3 Å². The zero-order valence-corrected chi connectivity index (χ0v) is 13.0. The molecule has 0 amide bonds. The van der Waals surface area contributed by atoms with Crippen molar-refractivity contribution in [3.63, 3.8) is 0 Å². The number of benzene rings is 1. The summed E-state index contributed by atoms with van der Waals surface area (Å²) in [6, 6.07) is 12.1. The molecule has 0 N–H and O–H groups in total. The Labute approximate surface area is 130 Å². The average Bonchev–Trinajstić information content (AvgIpc) is 2.55. The van der Waals surface area contributed by atoms with E-state index in [9.17, 15) is 4.79 Å². The minimum absolute atomic E-state index is 0.0698. The normalized spacial score (nSPS) is 17.3. The summed E-state index contributed by atoms with van der Waals surface area (Å²) in [5.74, 6) is 1.19. The van der Waals surface area contributed by atoms with Gasteiger partial charge >= 0.3 is 0 Å². The highest BCUT2D eigenvalue weighted by Crippen LogP contribution is 2.32. The van der Waals surface area contributed by atoms with Gasteiger partial charge in [0.2, 0.25) is 0 Å². The largest absolute Gasteiger partial charge is 0.293 e. The van der Waals surface area contributed by atoms with Gasteiger partial charge in [-0.15, -0.1) is 11.8 Å². The fourth-order valence-electron chi connectivity index (χ4n) is 2.95. The van der Waals surface area contributed by atoms with Crippen LogP contribution in [0.2, 0.25) is 0 Å². The zero-order valence-electron chi connectivity index (χ0n) is 12.2. The van der Waals surface area contributed by atoms with Crippen LogP contribution >= 0.6 is 11.8 Å². The van der Waals surface area contributed by atoms with Gasteiger partial charge in [0.1, 0.15) is 0 Å². The number of hydrogen-bond donors (Lipinski definition) is 0. The Morgan fingerprint density at radius 3 is 2.86 bits per heavy atom. The standard InChI is InChI=1S/C18H19NOS/c1-2-21-15-10-8-14(9-11-15)18(20)16-7-3-5-13-6-4-12-19-17(13)16/h4,6,8-12,16H,2-3,5,7H2,1H3. The third kappa shape index (κ3) is 3.03. The summed E-state index contributed by atoms with van der Waals surface area (Å²) in [5.41, 5.74) is 3.03. The van der Waals surface area contributed by atoms with Crippen molar-refractivity contribution in [2.75, 3.05) is 5.75 Å². The SMILES string of the molecule is CCSc1ccc(C(=O)C2CCCc3cccnc32)cc1. The van der Waals surface area contributed by atoms with Crippen molar-refractivity contribution in [3.05, 3.63) is 59.4 Å². The molecule has 0 saturated carbocycles. The van der Waals surface area contributed by atoms with Crippen LogP contribution < -0.4 is 0 Å². The van der Waals surface area contributed by atoms with Gasteiger partial charge in [-0.25, -0.2) is 0 Å². The number of hydrogen-bond acceptors (Lipinski definition) is 3. The van der Waals surface area contributed by atoms with E-state index in [-0.39, 0.29) is 11.7 Å². The summed E-state index contributed by atoms with van der Waals surface area (Å²) >= 11 is 1.80. The molecule has 3 heteroatoms. The predicted octanol–water partition coefficient (Wildman–Crippen LogP) is 4.50. The van der Waals surface area contributed by atoms with Crippen molar-refractivity contribution >= 4 is 17.5 Å². The summed E-state index contributed by atoms with van der Waals surface area (Å²) < 4.78 is 0. The summed E-state index contributed by atoms with van der Waals surface area (Å²) in [6.45, 7) is 2.13. The molecule has 0 fully saturated rings. The number of carbonyl (C=O) groups excluding carboxylic acids is 1. The number of rotatable bonds is 4. The molecule has 0 bridgehead atoms. The number of pyridine rings is 1. The van der Waals surface area contributed by atoms with Crippen LogP contribution in [0.25, 0.3) is 0 Å². The Balaban J connectivity index is 1.86. The van der Waals surface area contributed by atoms with Crippen LogP contribution in [-0.4, -0.2) is 16.5 Å². The monoisotopic (exact) mass is 297 g/mol. The van der Waals surface area contributed by atoms with Gasteiger partial charge in [-0.1, -0.05) is 25.1 Å². The molecular weight excluding hydrogens is 278 g/mol. The lowest BCUT2D eigenvalue weighted by atomic mass is 9.82. The molecule has 1 unspecified atom stereocenters. The summed E-state index contributed by atoms with van der Waals surface area (Å²) in [5, 5.41) is 0. The van der Waals surface area contributed by atoms with Crippen LogP contribution in [-0.2, 0) is 6.42 Å². The van der Waals surface area contributed by atoms with Gasteiger partial charge in [-0.2, -0.15) is 0 Å². The number of ketones is 1. The molecular formula is C18H19NOS. The maximum Gasteiger partial charge on any atom is 0.171 e. The molecule has 1 aliphatic rings. The highest BCUT2D eigenvalue weighted by atomic mass is 32.2. The molecule has 1 aliphatic carbocycles. The van der Waals surface area contributed by atoms with Gasteiger partial charge in [-0.3, -0.25) is 9.78 Å². The van der Waals surface area contributed by atoms with E-state index in [0.29, 0.717) is 0 Å². The Bertz CT molecular complexity index is 636. The van der Waals surface area contributed by atoms with Gasteiger partial charge < -0.3 is 0 Å². The Hall–Kier alpha value is -1.61. The van der Waals surface area contributed by atoms with E-state index in [0.717, 1.165) is 36.3 Å². The van der Waals surface area contributed by atoms with Crippen molar-refractivity contribution in [1.29, 1.82) is 0 Å². The number of aromatic nitrogens is 1. The quantitative estimate of drug-likeness (QED) is 0.615. The molecule has 0 spiro atoms. The van der Waals surface area contributed by atoms with Crippen LogP contribution in [0.3, 0.4) is 0 Å². The first-order chi connectivity index (χ1) is 10.3. The number of thioether (sulfide) groups is 1. The van der Waals surface area contributed by atoms with E-state index in [2.05, 4.69) is 18.0 Å². The van der Waals surface area contributed by atoms with E-state index in [1.54, 1.807) is 18.0 Å². The molecule has 1 aromatic carbocycles. The minimum Gasteiger partial charge on any atom is -0.293 e. The number of aryl methyl sites for hydroxylation is 1. The molecule has 1 atom stereocenters. The molecule has 1 heterocycles. The van der Waals surface area contributed by atoms with Gasteiger partial charge in [0, 0.05) is 16.7 Å². The molecule has 2 nitrogen and oxygen atoms in total. The summed E-state index contributed by atoms with van der Waals surface area (Å²) in [7, 11) is 0. The minimum atomic E-state index is -0.0698. The van der Waals surface area contributed by atoms with Crippen LogP contribution in [0.4, 0.5) is 0 Å². The average molecular weight is 297 g/mol. The molecule has 1 aromatic heterocycles.